The molecule has 12 heteroatoms. The molecule has 1 saturated carbocycles. The Bertz CT molecular complexity index is 1430. The number of aliphatic imine (C=N–C) groups is 1. The second-order valence-corrected chi connectivity index (χ2v) is 11.4. The number of fused-ring (bicyclic) bond motifs is 2. The Hall–Kier alpha value is -4.22. The highest BCUT2D eigenvalue weighted by atomic mass is 19.1. The molecule has 41 heavy (non-hydrogen) atoms. The summed E-state index contributed by atoms with van der Waals surface area (Å²) >= 11 is 0. The fourth-order valence-electron chi connectivity index (χ4n) is 5.13. The van der Waals surface area contributed by atoms with Crippen molar-refractivity contribution in [3.63, 3.8) is 0 Å². The third-order valence-electron chi connectivity index (χ3n) is 7.47. The van der Waals surface area contributed by atoms with Crippen molar-refractivity contribution in [3.8, 4) is 11.5 Å². The molecule has 1 saturated heterocycles. The number of hydrogen-bond donors (Lipinski definition) is 1. The molecule has 0 radical (unpaired) electrons. The maximum atomic E-state index is 15.3. The van der Waals surface area contributed by atoms with Crippen LogP contribution < -0.4 is 20.1 Å². The first kappa shape index (κ1) is 28.3. The van der Waals surface area contributed by atoms with Crippen molar-refractivity contribution in [3.05, 3.63) is 53.0 Å². The van der Waals surface area contributed by atoms with E-state index in [1.165, 1.54) is 20.4 Å². The second kappa shape index (κ2) is 10.3. The smallest absolute Gasteiger partial charge is 0.410 e. The Kier molecular flexibility index (Phi) is 7.12. The van der Waals surface area contributed by atoms with Crippen molar-refractivity contribution in [2.75, 3.05) is 32.2 Å². The maximum Gasteiger partial charge on any atom is 0.410 e. The summed E-state index contributed by atoms with van der Waals surface area (Å²) in [7, 11) is 2.52. The van der Waals surface area contributed by atoms with Gasteiger partial charge in [0.2, 0.25) is 5.91 Å². The zero-order valence-electron chi connectivity index (χ0n) is 23.7. The largest absolute Gasteiger partial charge is 0.493 e. The number of aromatic nitrogens is 1. The summed E-state index contributed by atoms with van der Waals surface area (Å²) < 4.78 is 46.1. The van der Waals surface area contributed by atoms with Gasteiger partial charge in [0.05, 0.1) is 37.9 Å². The summed E-state index contributed by atoms with van der Waals surface area (Å²) in [5.41, 5.74) is 6.40. The van der Waals surface area contributed by atoms with Crippen LogP contribution in [0.1, 0.15) is 50.4 Å². The van der Waals surface area contributed by atoms with Gasteiger partial charge in [0.1, 0.15) is 11.3 Å². The molecule has 0 bridgehead atoms. The Morgan fingerprint density at radius 1 is 1.15 bits per heavy atom. The van der Waals surface area contributed by atoms with E-state index >= 15 is 8.78 Å². The minimum absolute atomic E-state index is 0.0777. The zero-order valence-corrected chi connectivity index (χ0v) is 23.7. The van der Waals surface area contributed by atoms with Crippen LogP contribution in [-0.2, 0) is 21.5 Å². The van der Waals surface area contributed by atoms with E-state index in [0.29, 0.717) is 42.8 Å². The number of allylic oxidation sites excluding steroid dienone is 1. The lowest BCUT2D eigenvalue weighted by Gasteiger charge is -2.37. The predicted molar refractivity (Wildman–Crippen MR) is 148 cm³/mol. The summed E-state index contributed by atoms with van der Waals surface area (Å²) in [5, 5.41) is 0. The van der Waals surface area contributed by atoms with Gasteiger partial charge in [-0.15, -0.1) is 0 Å². The number of hydrogen-bond acceptors (Lipinski definition) is 8. The lowest BCUT2D eigenvalue weighted by Crippen LogP contribution is -2.54. The predicted octanol–water partition coefficient (Wildman–Crippen LogP) is 3.95. The van der Waals surface area contributed by atoms with Gasteiger partial charge in [0.15, 0.2) is 23.1 Å². The molecular formula is C29H33F2N5O5. The number of anilines is 1. The standard InChI is InChI=1S/C29H33F2N5O5/c1-28(2,3)41-27(38)35-14-18(15-35)33-11-16(10-32)20-8-19-17(12-34-20)13-36(26(37)29(19)6-7-29)25-23(30)21(39-4)9-22(40-5)24(25)31/h8-12,18H,6-7,13-15,32H2,1-5H3. The summed E-state index contributed by atoms with van der Waals surface area (Å²) in [6.07, 6.45) is 5.27. The monoisotopic (exact) mass is 569 g/mol. The molecule has 2 fully saturated rings. The van der Waals surface area contributed by atoms with Crippen molar-refractivity contribution < 1.29 is 32.6 Å². The number of nitrogens with zero attached hydrogens (tertiary/aromatic N) is 4. The van der Waals surface area contributed by atoms with Crippen LogP contribution in [0.3, 0.4) is 0 Å². The molecule has 2 aliphatic heterocycles. The molecule has 10 nitrogen and oxygen atoms in total. The number of halogens is 2. The Morgan fingerprint density at radius 3 is 2.32 bits per heavy atom. The number of benzene rings is 1. The topological polar surface area (TPSA) is 120 Å². The number of pyridine rings is 1. The first-order valence-electron chi connectivity index (χ1n) is 13.3. The second-order valence-electron chi connectivity index (χ2n) is 11.4. The fraction of sp³-hybridized carbons (Fsp3) is 0.448. The van der Waals surface area contributed by atoms with Crippen molar-refractivity contribution in [1.29, 1.82) is 0 Å². The van der Waals surface area contributed by atoms with Gasteiger partial charge in [-0.2, -0.15) is 0 Å². The normalized spacial score (nSPS) is 18.4. The molecule has 2 N–H and O–H groups in total. The van der Waals surface area contributed by atoms with Crippen LogP contribution in [0.5, 0.6) is 11.5 Å². The molecule has 1 aromatic heterocycles. The molecule has 1 aliphatic carbocycles. The summed E-state index contributed by atoms with van der Waals surface area (Å²) in [6.45, 7) is 6.22. The van der Waals surface area contributed by atoms with Gasteiger partial charge in [-0.25, -0.2) is 13.6 Å². The van der Waals surface area contributed by atoms with Gasteiger partial charge in [-0.05, 0) is 50.8 Å². The minimum Gasteiger partial charge on any atom is -0.493 e. The summed E-state index contributed by atoms with van der Waals surface area (Å²) in [6, 6.07) is 2.80. The number of carbonyl (C=O) groups is 2. The van der Waals surface area contributed by atoms with E-state index in [1.54, 1.807) is 23.4 Å². The van der Waals surface area contributed by atoms with E-state index in [-0.39, 0.29) is 30.2 Å². The molecule has 3 aliphatic rings. The van der Waals surface area contributed by atoms with Crippen LogP contribution in [-0.4, -0.2) is 67.1 Å². The summed E-state index contributed by atoms with van der Waals surface area (Å²) in [4.78, 5) is 37.7. The van der Waals surface area contributed by atoms with Gasteiger partial charge >= 0.3 is 6.09 Å². The third-order valence-corrected chi connectivity index (χ3v) is 7.47. The van der Waals surface area contributed by atoms with Crippen molar-refractivity contribution in [2.24, 2.45) is 10.7 Å². The van der Waals surface area contributed by atoms with Crippen molar-refractivity contribution >= 4 is 29.5 Å². The molecule has 0 atom stereocenters. The SMILES string of the molecule is COc1cc(OC)c(F)c(N2Cc3cnc(C(C=NC4CN(C(=O)OC(C)(C)C)C4)=CN)cc3C3(CC3)C2=O)c1F. The lowest BCUT2D eigenvalue weighted by atomic mass is 9.85. The van der Waals surface area contributed by atoms with E-state index in [2.05, 4.69) is 9.98 Å². The minimum atomic E-state index is -0.978. The average Bonchev–Trinajstić information content (AvgIpc) is 3.69. The third kappa shape index (κ3) is 5.07. The molecule has 1 spiro atoms. The van der Waals surface area contributed by atoms with Gasteiger partial charge in [-0.3, -0.25) is 14.8 Å². The van der Waals surface area contributed by atoms with Crippen LogP contribution in [0.25, 0.3) is 5.57 Å². The zero-order chi connectivity index (χ0) is 29.7. The Morgan fingerprint density at radius 2 is 1.78 bits per heavy atom. The number of rotatable bonds is 6. The van der Waals surface area contributed by atoms with Gasteiger partial charge < -0.3 is 29.7 Å². The lowest BCUT2D eigenvalue weighted by molar-refractivity contribution is -0.121. The van der Waals surface area contributed by atoms with Gasteiger partial charge in [0, 0.05) is 43.3 Å². The van der Waals surface area contributed by atoms with E-state index in [0.717, 1.165) is 16.5 Å². The molecule has 0 unspecified atom stereocenters. The number of ether oxygens (including phenoxy) is 3. The fourth-order valence-corrected chi connectivity index (χ4v) is 5.13. The number of amides is 2. The van der Waals surface area contributed by atoms with E-state index in [4.69, 9.17) is 19.9 Å². The first-order valence-corrected chi connectivity index (χ1v) is 13.3. The highest BCUT2D eigenvalue weighted by Crippen LogP contribution is 2.55. The highest BCUT2D eigenvalue weighted by molar-refractivity contribution is 6.10. The number of carbonyl (C=O) groups excluding carboxylic acids is 2. The Labute approximate surface area is 236 Å². The molecule has 2 aromatic rings. The Balaban J connectivity index is 1.38. The van der Waals surface area contributed by atoms with Crippen LogP contribution >= 0.6 is 0 Å². The average molecular weight is 570 g/mol. The van der Waals surface area contributed by atoms with Gasteiger partial charge in [0.25, 0.3) is 0 Å². The van der Waals surface area contributed by atoms with Crippen molar-refractivity contribution in [2.45, 2.75) is 57.2 Å². The first-order chi connectivity index (χ1) is 19.4. The van der Waals surface area contributed by atoms with Gasteiger partial charge in [-0.1, -0.05) is 0 Å². The quantitative estimate of drug-likeness (QED) is 0.524. The highest BCUT2D eigenvalue weighted by Gasteiger charge is 2.57. The molecule has 1 aromatic carbocycles. The summed E-state index contributed by atoms with van der Waals surface area (Å²) in [5.74, 6) is -2.82. The van der Waals surface area contributed by atoms with Crippen LogP contribution in [0.15, 0.2) is 29.5 Å². The molecule has 2 amide bonds. The van der Waals surface area contributed by atoms with Crippen LogP contribution in [0, 0.1) is 11.6 Å². The molecule has 5 rings (SSSR count). The van der Waals surface area contributed by atoms with E-state index in [9.17, 15) is 9.59 Å². The van der Waals surface area contributed by atoms with E-state index < -0.39 is 34.2 Å². The molecule has 3 heterocycles. The maximum absolute atomic E-state index is 15.3. The number of methoxy groups -OCH3 is 2. The van der Waals surface area contributed by atoms with E-state index in [1.807, 2.05) is 20.8 Å². The molecule has 218 valence electrons. The number of nitrogens with two attached hydrogens (primary N) is 1. The molecular weight excluding hydrogens is 536 g/mol. The van der Waals surface area contributed by atoms with Crippen molar-refractivity contribution in [1.82, 2.24) is 9.88 Å². The van der Waals surface area contributed by atoms with Crippen LogP contribution in [0.4, 0.5) is 19.3 Å². The van der Waals surface area contributed by atoms with Crippen LogP contribution in [0.2, 0.25) is 0 Å². The number of likely N-dealkylation sites (tertiary alicyclic amines) is 1.